The first kappa shape index (κ1) is 16.4. The highest BCUT2D eigenvalue weighted by Gasteiger charge is 2.11. The largest absolute Gasteiger partial charge is 0.302 e. The van der Waals surface area contributed by atoms with Gasteiger partial charge < -0.3 is 4.90 Å². The molecule has 114 valence electrons. The SMILES string of the molecule is CC(C)CN(C)Cc1cc(-c2nc(CCl)cs2)ccc1F. The Morgan fingerprint density at radius 3 is 2.76 bits per heavy atom. The lowest BCUT2D eigenvalue weighted by atomic mass is 10.1. The predicted molar refractivity (Wildman–Crippen MR) is 88.2 cm³/mol. The van der Waals surface area contributed by atoms with E-state index in [9.17, 15) is 4.39 Å². The molecule has 0 saturated heterocycles. The second kappa shape index (κ2) is 7.34. The van der Waals surface area contributed by atoms with Gasteiger partial charge in [-0.05, 0) is 31.2 Å². The molecule has 1 aromatic carbocycles. The van der Waals surface area contributed by atoms with Crippen molar-refractivity contribution in [1.29, 1.82) is 0 Å². The van der Waals surface area contributed by atoms with Crippen molar-refractivity contribution in [3.8, 4) is 10.6 Å². The van der Waals surface area contributed by atoms with E-state index in [-0.39, 0.29) is 5.82 Å². The summed E-state index contributed by atoms with van der Waals surface area (Å²) in [6.07, 6.45) is 0. The number of alkyl halides is 1. The van der Waals surface area contributed by atoms with E-state index in [1.54, 1.807) is 6.07 Å². The van der Waals surface area contributed by atoms with Gasteiger partial charge in [-0.1, -0.05) is 13.8 Å². The van der Waals surface area contributed by atoms with Crippen LogP contribution in [0.3, 0.4) is 0 Å². The minimum absolute atomic E-state index is 0.163. The van der Waals surface area contributed by atoms with Gasteiger partial charge in [0.05, 0.1) is 11.6 Å². The summed E-state index contributed by atoms with van der Waals surface area (Å²) in [7, 11) is 2.01. The molecule has 0 aliphatic rings. The third-order valence-corrected chi connectivity index (χ3v) is 4.31. The van der Waals surface area contributed by atoms with Gasteiger partial charge in [-0.2, -0.15) is 0 Å². The Kier molecular flexibility index (Phi) is 5.73. The van der Waals surface area contributed by atoms with E-state index < -0.39 is 0 Å². The molecule has 2 aromatic rings. The molecule has 0 saturated carbocycles. The molecule has 1 heterocycles. The van der Waals surface area contributed by atoms with E-state index in [4.69, 9.17) is 11.6 Å². The van der Waals surface area contributed by atoms with Gasteiger partial charge in [0, 0.05) is 29.6 Å². The zero-order valence-electron chi connectivity index (χ0n) is 12.6. The summed E-state index contributed by atoms with van der Waals surface area (Å²) in [5.41, 5.74) is 2.52. The van der Waals surface area contributed by atoms with Crippen LogP contribution in [0.15, 0.2) is 23.6 Å². The number of aromatic nitrogens is 1. The topological polar surface area (TPSA) is 16.1 Å². The van der Waals surface area contributed by atoms with Crippen molar-refractivity contribution in [3.63, 3.8) is 0 Å². The van der Waals surface area contributed by atoms with Crippen LogP contribution in [0.25, 0.3) is 10.6 Å². The van der Waals surface area contributed by atoms with Crippen LogP contribution in [0.2, 0.25) is 0 Å². The van der Waals surface area contributed by atoms with Crippen LogP contribution in [0, 0.1) is 11.7 Å². The van der Waals surface area contributed by atoms with Crippen LogP contribution in [-0.2, 0) is 12.4 Å². The highest BCUT2D eigenvalue weighted by Crippen LogP contribution is 2.26. The minimum Gasteiger partial charge on any atom is -0.302 e. The summed E-state index contributed by atoms with van der Waals surface area (Å²) in [5, 5.41) is 2.83. The average Bonchev–Trinajstić information content (AvgIpc) is 2.89. The highest BCUT2D eigenvalue weighted by atomic mass is 35.5. The summed E-state index contributed by atoms with van der Waals surface area (Å²) in [5.74, 6) is 0.803. The van der Waals surface area contributed by atoms with Crippen molar-refractivity contribution in [2.24, 2.45) is 5.92 Å². The molecule has 0 amide bonds. The van der Waals surface area contributed by atoms with Crippen LogP contribution < -0.4 is 0 Å². The van der Waals surface area contributed by atoms with Gasteiger partial charge in [-0.25, -0.2) is 9.37 Å². The van der Waals surface area contributed by atoms with E-state index in [2.05, 4.69) is 23.7 Å². The van der Waals surface area contributed by atoms with Gasteiger partial charge in [0.25, 0.3) is 0 Å². The molecule has 5 heteroatoms. The van der Waals surface area contributed by atoms with Crippen LogP contribution in [0.5, 0.6) is 0 Å². The van der Waals surface area contributed by atoms with E-state index in [0.717, 1.165) is 22.8 Å². The zero-order valence-corrected chi connectivity index (χ0v) is 14.1. The molecule has 0 aliphatic carbocycles. The van der Waals surface area contributed by atoms with Crippen LogP contribution >= 0.6 is 22.9 Å². The van der Waals surface area contributed by atoms with E-state index in [1.807, 2.05) is 18.5 Å². The predicted octanol–water partition coefficient (Wildman–Crippen LogP) is 4.78. The second-order valence-corrected chi connectivity index (χ2v) is 6.80. The number of hydrogen-bond donors (Lipinski definition) is 0. The van der Waals surface area contributed by atoms with Gasteiger partial charge in [0.15, 0.2) is 0 Å². The molecule has 0 N–H and O–H groups in total. The van der Waals surface area contributed by atoms with Crippen molar-refractivity contribution in [2.45, 2.75) is 26.3 Å². The third kappa shape index (κ3) is 4.50. The lowest BCUT2D eigenvalue weighted by Gasteiger charge is -2.19. The molecule has 0 unspecified atom stereocenters. The lowest BCUT2D eigenvalue weighted by molar-refractivity contribution is 0.284. The monoisotopic (exact) mass is 326 g/mol. The quantitative estimate of drug-likeness (QED) is 0.710. The Hall–Kier alpha value is -0.970. The van der Waals surface area contributed by atoms with E-state index in [0.29, 0.717) is 23.9 Å². The first-order chi connectivity index (χ1) is 9.99. The van der Waals surface area contributed by atoms with Gasteiger partial charge in [0.1, 0.15) is 10.8 Å². The van der Waals surface area contributed by atoms with Gasteiger partial charge in [0.2, 0.25) is 0 Å². The maximum atomic E-state index is 14.0. The van der Waals surface area contributed by atoms with E-state index in [1.165, 1.54) is 17.4 Å². The number of nitrogens with zero attached hydrogens (tertiary/aromatic N) is 2. The molecule has 0 aliphatic heterocycles. The molecule has 0 bridgehead atoms. The molecule has 1 aromatic heterocycles. The summed E-state index contributed by atoms with van der Waals surface area (Å²) in [6, 6.07) is 5.19. The number of rotatable bonds is 6. The Bertz CT molecular complexity index is 598. The van der Waals surface area contributed by atoms with Crippen LogP contribution in [-0.4, -0.2) is 23.5 Å². The standard InChI is InChI=1S/C16H20ClFN2S/c1-11(2)8-20(3)9-13-6-12(4-5-15(13)18)16-19-14(7-17)10-21-16/h4-6,10-11H,7-9H2,1-3H3. The third-order valence-electron chi connectivity index (χ3n) is 3.10. The second-order valence-electron chi connectivity index (χ2n) is 5.67. The lowest BCUT2D eigenvalue weighted by Crippen LogP contribution is -2.23. The summed E-state index contributed by atoms with van der Waals surface area (Å²) in [6.45, 7) is 5.86. The first-order valence-corrected chi connectivity index (χ1v) is 8.38. The molecule has 0 fully saturated rings. The number of hydrogen-bond acceptors (Lipinski definition) is 3. The number of benzene rings is 1. The fourth-order valence-corrected chi connectivity index (χ4v) is 3.35. The summed E-state index contributed by atoms with van der Waals surface area (Å²) < 4.78 is 14.0. The van der Waals surface area contributed by atoms with Gasteiger partial charge >= 0.3 is 0 Å². The Morgan fingerprint density at radius 1 is 1.38 bits per heavy atom. The maximum Gasteiger partial charge on any atom is 0.127 e. The van der Waals surface area contributed by atoms with Crippen molar-refractivity contribution >= 4 is 22.9 Å². The first-order valence-electron chi connectivity index (χ1n) is 6.97. The summed E-state index contributed by atoms with van der Waals surface area (Å²) >= 11 is 7.32. The molecular formula is C16H20ClFN2S. The molecule has 0 radical (unpaired) electrons. The highest BCUT2D eigenvalue weighted by molar-refractivity contribution is 7.13. The number of halogens is 2. The maximum absolute atomic E-state index is 14.0. The molecule has 0 atom stereocenters. The van der Waals surface area contributed by atoms with Crippen LogP contribution in [0.1, 0.15) is 25.1 Å². The molecule has 2 rings (SSSR count). The van der Waals surface area contributed by atoms with Gasteiger partial charge in [-0.15, -0.1) is 22.9 Å². The van der Waals surface area contributed by atoms with Crippen molar-refractivity contribution < 1.29 is 4.39 Å². The Balaban J connectivity index is 2.20. The normalized spacial score (nSPS) is 11.6. The van der Waals surface area contributed by atoms with Gasteiger partial charge in [-0.3, -0.25) is 0 Å². The molecule has 21 heavy (non-hydrogen) atoms. The summed E-state index contributed by atoms with van der Waals surface area (Å²) in [4.78, 5) is 6.59. The van der Waals surface area contributed by atoms with E-state index >= 15 is 0 Å². The molecular weight excluding hydrogens is 307 g/mol. The fraction of sp³-hybridized carbons (Fsp3) is 0.438. The zero-order chi connectivity index (χ0) is 15.4. The smallest absolute Gasteiger partial charge is 0.127 e. The van der Waals surface area contributed by atoms with Crippen molar-refractivity contribution in [2.75, 3.05) is 13.6 Å². The Morgan fingerprint density at radius 2 is 2.14 bits per heavy atom. The Labute approximate surface area is 134 Å². The number of thiazole rings is 1. The molecule has 2 nitrogen and oxygen atoms in total. The van der Waals surface area contributed by atoms with Crippen molar-refractivity contribution in [1.82, 2.24) is 9.88 Å². The average molecular weight is 327 g/mol. The minimum atomic E-state index is -0.163. The van der Waals surface area contributed by atoms with Crippen LogP contribution in [0.4, 0.5) is 4.39 Å². The molecule has 0 spiro atoms. The van der Waals surface area contributed by atoms with Crippen molar-refractivity contribution in [3.05, 3.63) is 40.7 Å². The fourth-order valence-electron chi connectivity index (χ4n) is 2.31.